The topological polar surface area (TPSA) is 86.7 Å². The zero-order valence-corrected chi connectivity index (χ0v) is 10.2. The number of hydrogen-bond donors (Lipinski definition) is 1. The molecule has 6 heteroatoms. The van der Waals surface area contributed by atoms with Gasteiger partial charge in [-0.05, 0) is 17.2 Å². The zero-order chi connectivity index (χ0) is 13.0. The molecule has 0 bridgehead atoms. The number of Topliss-reactive ketones (excluding diaryl/α,β-unsaturated/α-hetero) is 1. The lowest BCUT2D eigenvalue weighted by Gasteiger charge is -2.09. The van der Waals surface area contributed by atoms with Crippen LogP contribution in [-0.4, -0.2) is 32.0 Å². The highest BCUT2D eigenvalue weighted by Crippen LogP contribution is 2.04. The Labute approximate surface area is 105 Å². The Balaban J connectivity index is 1.93. The Morgan fingerprint density at radius 3 is 2.72 bits per heavy atom. The summed E-state index contributed by atoms with van der Waals surface area (Å²) in [5.74, 6) is 0.331. The number of carbonyl (C=O) groups is 1. The van der Waals surface area contributed by atoms with Crippen LogP contribution in [0.5, 0.6) is 0 Å². The van der Waals surface area contributed by atoms with E-state index in [4.69, 9.17) is 5.73 Å². The van der Waals surface area contributed by atoms with Crippen molar-refractivity contribution in [1.82, 2.24) is 20.2 Å². The second-order valence-corrected chi connectivity index (χ2v) is 4.13. The first kappa shape index (κ1) is 12.4. The fourth-order valence-electron chi connectivity index (χ4n) is 1.66. The predicted octanol–water partition coefficient (Wildman–Crippen LogP) is -0.108. The molecule has 18 heavy (non-hydrogen) atoms. The van der Waals surface area contributed by atoms with E-state index in [0.717, 1.165) is 5.56 Å². The van der Waals surface area contributed by atoms with E-state index in [1.165, 1.54) is 4.80 Å². The molecule has 1 aromatic carbocycles. The lowest BCUT2D eigenvalue weighted by atomic mass is 10.0. The predicted molar refractivity (Wildman–Crippen MR) is 65.6 cm³/mol. The molecule has 1 atom stereocenters. The standard InChI is InChI=1S/C12H15N5O/c1-17-15-12(14-16-17)8-11(18)10(13)7-9-5-3-2-4-6-9/h2-6,10H,7-8,13H2,1H3. The summed E-state index contributed by atoms with van der Waals surface area (Å²) in [6.07, 6.45) is 0.655. The fourth-order valence-corrected chi connectivity index (χ4v) is 1.66. The van der Waals surface area contributed by atoms with Gasteiger partial charge in [0, 0.05) is 0 Å². The molecule has 0 spiro atoms. The van der Waals surface area contributed by atoms with Crippen LogP contribution >= 0.6 is 0 Å². The summed E-state index contributed by atoms with van der Waals surface area (Å²) in [6.45, 7) is 0. The van der Waals surface area contributed by atoms with Crippen LogP contribution in [0.2, 0.25) is 0 Å². The lowest BCUT2D eigenvalue weighted by Crippen LogP contribution is -2.34. The number of nitrogens with two attached hydrogens (primary N) is 1. The maximum atomic E-state index is 11.9. The van der Waals surface area contributed by atoms with Crippen molar-refractivity contribution in [3.8, 4) is 0 Å². The minimum absolute atomic E-state index is 0.0770. The Bertz CT molecular complexity index is 522. The highest BCUT2D eigenvalue weighted by Gasteiger charge is 2.16. The third kappa shape index (κ3) is 3.21. The zero-order valence-electron chi connectivity index (χ0n) is 10.2. The van der Waals surface area contributed by atoms with Gasteiger partial charge in [0.2, 0.25) is 0 Å². The number of aryl methyl sites for hydroxylation is 1. The smallest absolute Gasteiger partial charge is 0.182 e. The maximum absolute atomic E-state index is 11.9. The third-order valence-corrected chi connectivity index (χ3v) is 2.59. The minimum Gasteiger partial charge on any atom is -0.321 e. The number of carbonyl (C=O) groups excluding carboxylic acids is 1. The highest BCUT2D eigenvalue weighted by molar-refractivity contribution is 5.85. The van der Waals surface area contributed by atoms with Crippen LogP contribution < -0.4 is 5.73 Å². The minimum atomic E-state index is -0.531. The first-order valence-corrected chi connectivity index (χ1v) is 5.70. The average molecular weight is 245 g/mol. The van der Waals surface area contributed by atoms with E-state index < -0.39 is 6.04 Å². The molecule has 2 N–H and O–H groups in total. The number of hydrogen-bond acceptors (Lipinski definition) is 5. The molecule has 1 unspecified atom stereocenters. The van der Waals surface area contributed by atoms with E-state index in [1.54, 1.807) is 7.05 Å². The molecular formula is C12H15N5O. The highest BCUT2D eigenvalue weighted by atomic mass is 16.1. The van der Waals surface area contributed by atoms with Gasteiger partial charge in [-0.1, -0.05) is 30.3 Å². The second kappa shape index (κ2) is 5.50. The number of ketones is 1. The number of tetrazole rings is 1. The van der Waals surface area contributed by atoms with E-state index in [9.17, 15) is 4.79 Å². The SMILES string of the molecule is Cn1nnc(CC(=O)C(N)Cc2ccccc2)n1. The average Bonchev–Trinajstić information content (AvgIpc) is 2.76. The van der Waals surface area contributed by atoms with Gasteiger partial charge in [-0.25, -0.2) is 0 Å². The van der Waals surface area contributed by atoms with Gasteiger partial charge in [-0.3, -0.25) is 4.79 Å². The van der Waals surface area contributed by atoms with Gasteiger partial charge in [-0.2, -0.15) is 4.80 Å². The fraction of sp³-hybridized carbons (Fsp3) is 0.333. The van der Waals surface area contributed by atoms with Crippen molar-refractivity contribution in [3.63, 3.8) is 0 Å². The molecule has 0 radical (unpaired) electrons. The number of benzene rings is 1. The Morgan fingerprint density at radius 1 is 1.39 bits per heavy atom. The van der Waals surface area contributed by atoms with Gasteiger partial charge in [0.15, 0.2) is 11.6 Å². The van der Waals surface area contributed by atoms with Crippen molar-refractivity contribution in [2.24, 2.45) is 12.8 Å². The summed E-state index contributed by atoms with van der Waals surface area (Å²) in [5.41, 5.74) is 6.92. The van der Waals surface area contributed by atoms with Crippen molar-refractivity contribution >= 4 is 5.78 Å². The van der Waals surface area contributed by atoms with Gasteiger partial charge in [-0.15, -0.1) is 10.2 Å². The van der Waals surface area contributed by atoms with Crippen LogP contribution in [0.25, 0.3) is 0 Å². The Hall–Kier alpha value is -2.08. The molecule has 2 aromatic rings. The van der Waals surface area contributed by atoms with E-state index >= 15 is 0 Å². The van der Waals surface area contributed by atoms with Gasteiger partial charge in [0.1, 0.15) is 0 Å². The van der Waals surface area contributed by atoms with E-state index in [0.29, 0.717) is 12.2 Å². The molecule has 94 valence electrons. The Morgan fingerprint density at radius 2 is 2.11 bits per heavy atom. The summed E-state index contributed by atoms with van der Waals surface area (Å²) < 4.78 is 0. The number of aromatic nitrogens is 4. The molecule has 0 aliphatic heterocycles. The molecule has 0 saturated heterocycles. The normalized spacial score (nSPS) is 12.3. The summed E-state index contributed by atoms with van der Waals surface area (Å²) in [5, 5.41) is 11.4. The van der Waals surface area contributed by atoms with Gasteiger partial charge in [0.25, 0.3) is 0 Å². The van der Waals surface area contributed by atoms with E-state index in [-0.39, 0.29) is 12.2 Å². The maximum Gasteiger partial charge on any atom is 0.182 e. The van der Waals surface area contributed by atoms with E-state index in [1.807, 2.05) is 30.3 Å². The molecule has 1 heterocycles. The molecule has 0 aliphatic rings. The second-order valence-electron chi connectivity index (χ2n) is 4.13. The number of nitrogens with zero attached hydrogens (tertiary/aromatic N) is 4. The lowest BCUT2D eigenvalue weighted by molar-refractivity contribution is -0.119. The largest absolute Gasteiger partial charge is 0.321 e. The molecule has 2 rings (SSSR count). The summed E-state index contributed by atoms with van der Waals surface area (Å²) in [4.78, 5) is 13.2. The van der Waals surface area contributed by atoms with Crippen molar-refractivity contribution in [1.29, 1.82) is 0 Å². The van der Waals surface area contributed by atoms with Crippen LogP contribution in [0.1, 0.15) is 11.4 Å². The van der Waals surface area contributed by atoms with Gasteiger partial charge < -0.3 is 5.73 Å². The van der Waals surface area contributed by atoms with Crippen LogP contribution in [0.15, 0.2) is 30.3 Å². The Kier molecular flexibility index (Phi) is 3.78. The first-order chi connectivity index (χ1) is 8.65. The molecule has 0 aliphatic carbocycles. The van der Waals surface area contributed by atoms with Crippen molar-refractivity contribution in [3.05, 3.63) is 41.7 Å². The van der Waals surface area contributed by atoms with Crippen LogP contribution in [0.4, 0.5) is 0 Å². The van der Waals surface area contributed by atoms with Gasteiger partial charge in [0.05, 0.1) is 19.5 Å². The van der Waals surface area contributed by atoms with Crippen LogP contribution in [0.3, 0.4) is 0 Å². The molecule has 6 nitrogen and oxygen atoms in total. The van der Waals surface area contributed by atoms with Crippen molar-refractivity contribution in [2.45, 2.75) is 18.9 Å². The molecule has 1 aromatic heterocycles. The van der Waals surface area contributed by atoms with Crippen molar-refractivity contribution < 1.29 is 4.79 Å². The van der Waals surface area contributed by atoms with E-state index in [2.05, 4.69) is 15.4 Å². The molecule has 0 saturated carbocycles. The summed E-state index contributed by atoms with van der Waals surface area (Å²) in [6, 6.07) is 9.16. The summed E-state index contributed by atoms with van der Waals surface area (Å²) >= 11 is 0. The summed E-state index contributed by atoms with van der Waals surface area (Å²) in [7, 11) is 1.66. The molecule has 0 fully saturated rings. The van der Waals surface area contributed by atoms with Gasteiger partial charge >= 0.3 is 0 Å². The van der Waals surface area contributed by atoms with Crippen LogP contribution in [-0.2, 0) is 24.7 Å². The van der Waals surface area contributed by atoms with Crippen molar-refractivity contribution in [2.75, 3.05) is 0 Å². The molecular weight excluding hydrogens is 230 g/mol. The first-order valence-electron chi connectivity index (χ1n) is 5.70. The van der Waals surface area contributed by atoms with Crippen LogP contribution in [0, 0.1) is 0 Å². The monoisotopic (exact) mass is 245 g/mol. The molecule has 0 amide bonds. The number of rotatable bonds is 5. The quantitative estimate of drug-likeness (QED) is 0.794. The third-order valence-electron chi connectivity index (χ3n) is 2.59.